The quantitative estimate of drug-likeness (QED) is 0.609. The van der Waals surface area contributed by atoms with E-state index < -0.39 is 4.92 Å². The summed E-state index contributed by atoms with van der Waals surface area (Å²) in [7, 11) is 0. The van der Waals surface area contributed by atoms with Crippen molar-refractivity contribution in [3.05, 3.63) is 16.4 Å². The molecule has 1 fully saturated rings. The molecule has 1 saturated carbocycles. The number of nitrogens with zero attached hydrogens (tertiary/aromatic N) is 4. The lowest BCUT2D eigenvalue weighted by atomic mass is 10.2. The molecule has 0 aromatic carbocycles. The first-order valence-electron chi connectivity index (χ1n) is 7.04. The highest BCUT2D eigenvalue weighted by Crippen LogP contribution is 2.36. The van der Waals surface area contributed by atoms with Gasteiger partial charge in [-0.05, 0) is 39.5 Å². The van der Waals surface area contributed by atoms with Gasteiger partial charge in [0.25, 0.3) is 0 Å². The van der Waals surface area contributed by atoms with Crippen LogP contribution in [0.3, 0.4) is 0 Å². The molecular formula is C13H21N5O2. The van der Waals surface area contributed by atoms with Crippen LogP contribution in [0.5, 0.6) is 0 Å². The van der Waals surface area contributed by atoms with Crippen LogP contribution in [0.1, 0.15) is 33.6 Å². The van der Waals surface area contributed by atoms with Gasteiger partial charge in [0.1, 0.15) is 6.33 Å². The fourth-order valence-corrected chi connectivity index (χ4v) is 2.17. The molecule has 2 rings (SSSR count). The molecule has 1 heterocycles. The third kappa shape index (κ3) is 3.15. The molecule has 0 atom stereocenters. The smallest absolute Gasteiger partial charge is 0.353 e. The first kappa shape index (κ1) is 14.5. The van der Waals surface area contributed by atoms with E-state index >= 15 is 0 Å². The number of rotatable bonds is 7. The van der Waals surface area contributed by atoms with Crippen molar-refractivity contribution in [2.24, 2.45) is 5.92 Å². The second-order valence-electron chi connectivity index (χ2n) is 5.37. The average Bonchev–Trinajstić information content (AvgIpc) is 3.19. The van der Waals surface area contributed by atoms with Crippen molar-refractivity contribution in [1.82, 2.24) is 9.97 Å². The lowest BCUT2D eigenvalue weighted by Crippen LogP contribution is -2.34. The van der Waals surface area contributed by atoms with E-state index in [2.05, 4.69) is 15.3 Å². The molecule has 1 aromatic heterocycles. The van der Waals surface area contributed by atoms with E-state index in [1.54, 1.807) is 0 Å². The Morgan fingerprint density at radius 2 is 2.20 bits per heavy atom. The van der Waals surface area contributed by atoms with Gasteiger partial charge in [-0.2, -0.15) is 0 Å². The molecule has 0 saturated heterocycles. The molecule has 0 aliphatic heterocycles. The van der Waals surface area contributed by atoms with Crippen molar-refractivity contribution in [2.45, 2.75) is 39.7 Å². The first-order valence-corrected chi connectivity index (χ1v) is 7.04. The molecule has 0 amide bonds. The van der Waals surface area contributed by atoms with Crippen LogP contribution in [0, 0.1) is 16.0 Å². The summed E-state index contributed by atoms with van der Waals surface area (Å²) in [6, 6.07) is 0.165. The lowest BCUT2D eigenvalue weighted by Gasteiger charge is -2.27. The van der Waals surface area contributed by atoms with Crippen molar-refractivity contribution in [2.75, 3.05) is 23.3 Å². The zero-order chi connectivity index (χ0) is 14.7. The number of hydrogen-bond acceptors (Lipinski definition) is 6. The van der Waals surface area contributed by atoms with E-state index in [0.29, 0.717) is 24.1 Å². The summed E-state index contributed by atoms with van der Waals surface area (Å²) in [5, 5.41) is 14.3. The van der Waals surface area contributed by atoms with E-state index in [4.69, 9.17) is 0 Å². The Hall–Kier alpha value is -1.92. The van der Waals surface area contributed by atoms with Crippen LogP contribution < -0.4 is 10.2 Å². The number of hydrogen-bond donors (Lipinski definition) is 1. The maximum Gasteiger partial charge on any atom is 0.353 e. The zero-order valence-electron chi connectivity index (χ0n) is 12.2. The predicted molar refractivity (Wildman–Crippen MR) is 78.1 cm³/mol. The van der Waals surface area contributed by atoms with Crippen LogP contribution >= 0.6 is 0 Å². The molecule has 1 aliphatic rings. The van der Waals surface area contributed by atoms with Gasteiger partial charge in [0.2, 0.25) is 11.6 Å². The standard InChI is InChI=1S/C13H21N5O2/c1-4-14-12-11(18(19)20)13(16-8-15-12)17(9(2)3)7-10-5-6-10/h8-10H,4-7H2,1-3H3,(H,14,15,16). The van der Waals surface area contributed by atoms with Crippen LogP contribution in [-0.2, 0) is 0 Å². The monoisotopic (exact) mass is 279 g/mol. The Labute approximate surface area is 118 Å². The zero-order valence-corrected chi connectivity index (χ0v) is 12.2. The minimum Gasteiger partial charge on any atom is -0.364 e. The molecule has 1 aromatic rings. The first-order chi connectivity index (χ1) is 9.54. The highest BCUT2D eigenvalue weighted by Gasteiger charge is 2.32. The van der Waals surface area contributed by atoms with Gasteiger partial charge in [0, 0.05) is 19.1 Å². The molecule has 1 aliphatic carbocycles. The van der Waals surface area contributed by atoms with E-state index in [0.717, 1.165) is 6.54 Å². The second-order valence-corrected chi connectivity index (χ2v) is 5.37. The molecule has 7 heteroatoms. The van der Waals surface area contributed by atoms with Crippen molar-refractivity contribution in [3.8, 4) is 0 Å². The normalized spacial score (nSPS) is 14.4. The van der Waals surface area contributed by atoms with Crippen molar-refractivity contribution in [3.63, 3.8) is 0 Å². The lowest BCUT2D eigenvalue weighted by molar-refractivity contribution is -0.383. The van der Waals surface area contributed by atoms with Crippen molar-refractivity contribution < 1.29 is 4.92 Å². The number of aromatic nitrogens is 2. The van der Waals surface area contributed by atoms with Gasteiger partial charge >= 0.3 is 5.69 Å². The SMILES string of the molecule is CCNc1ncnc(N(CC2CC2)C(C)C)c1[N+](=O)[O-]. The van der Waals surface area contributed by atoms with E-state index in [1.807, 2.05) is 25.7 Å². The van der Waals surface area contributed by atoms with Crippen LogP contribution in [0.2, 0.25) is 0 Å². The Kier molecular flexibility index (Phi) is 4.36. The summed E-state index contributed by atoms with van der Waals surface area (Å²) in [5.74, 6) is 1.35. The molecule has 0 radical (unpaired) electrons. The summed E-state index contributed by atoms with van der Waals surface area (Å²) in [5.41, 5.74) is -0.0244. The third-order valence-electron chi connectivity index (χ3n) is 3.38. The summed E-state index contributed by atoms with van der Waals surface area (Å²) >= 11 is 0. The van der Waals surface area contributed by atoms with Crippen molar-refractivity contribution in [1.29, 1.82) is 0 Å². The molecule has 0 bridgehead atoms. The Morgan fingerprint density at radius 1 is 1.50 bits per heavy atom. The van der Waals surface area contributed by atoms with Gasteiger partial charge in [-0.25, -0.2) is 9.97 Å². The maximum absolute atomic E-state index is 11.4. The van der Waals surface area contributed by atoms with Crippen molar-refractivity contribution >= 4 is 17.3 Å². The number of anilines is 2. The number of nitrogens with one attached hydrogen (secondary N) is 1. The highest BCUT2D eigenvalue weighted by molar-refractivity contribution is 5.70. The summed E-state index contributed by atoms with van der Waals surface area (Å²) < 4.78 is 0. The maximum atomic E-state index is 11.4. The van der Waals surface area contributed by atoms with Crippen LogP contribution in [0.15, 0.2) is 6.33 Å². The molecule has 20 heavy (non-hydrogen) atoms. The van der Waals surface area contributed by atoms with Crippen LogP contribution in [-0.4, -0.2) is 34.0 Å². The minimum absolute atomic E-state index is 0.0244. The molecule has 7 nitrogen and oxygen atoms in total. The average molecular weight is 279 g/mol. The van der Waals surface area contributed by atoms with Crippen LogP contribution in [0.4, 0.5) is 17.3 Å². The Morgan fingerprint density at radius 3 is 2.70 bits per heavy atom. The predicted octanol–water partition coefficient (Wildman–Crippen LogP) is 2.44. The second kappa shape index (κ2) is 6.02. The summed E-state index contributed by atoms with van der Waals surface area (Å²) in [4.78, 5) is 21.2. The van der Waals surface area contributed by atoms with E-state index in [-0.39, 0.29) is 11.7 Å². The van der Waals surface area contributed by atoms with Gasteiger partial charge < -0.3 is 10.2 Å². The highest BCUT2D eigenvalue weighted by atomic mass is 16.6. The summed E-state index contributed by atoms with van der Waals surface area (Å²) in [6.45, 7) is 7.35. The largest absolute Gasteiger partial charge is 0.364 e. The van der Waals surface area contributed by atoms with Gasteiger partial charge in [-0.1, -0.05) is 0 Å². The molecular weight excluding hydrogens is 258 g/mol. The Bertz CT molecular complexity index is 488. The van der Waals surface area contributed by atoms with Gasteiger partial charge in [0.05, 0.1) is 4.92 Å². The molecule has 1 N–H and O–H groups in total. The third-order valence-corrected chi connectivity index (χ3v) is 3.38. The topological polar surface area (TPSA) is 84.2 Å². The molecule has 0 spiro atoms. The summed E-state index contributed by atoms with van der Waals surface area (Å²) in [6.07, 6.45) is 3.78. The fourth-order valence-electron chi connectivity index (χ4n) is 2.17. The Balaban J connectivity index is 2.40. The molecule has 0 unspecified atom stereocenters. The molecule has 110 valence electrons. The van der Waals surface area contributed by atoms with Crippen LogP contribution in [0.25, 0.3) is 0 Å². The number of nitro groups is 1. The van der Waals surface area contributed by atoms with Gasteiger partial charge in [0.15, 0.2) is 0 Å². The van der Waals surface area contributed by atoms with Gasteiger partial charge in [-0.3, -0.25) is 10.1 Å². The fraction of sp³-hybridized carbons (Fsp3) is 0.692. The van der Waals surface area contributed by atoms with Gasteiger partial charge in [-0.15, -0.1) is 0 Å². The van der Waals surface area contributed by atoms with E-state index in [9.17, 15) is 10.1 Å². The minimum atomic E-state index is -0.393. The van der Waals surface area contributed by atoms with E-state index in [1.165, 1.54) is 19.2 Å².